The summed E-state index contributed by atoms with van der Waals surface area (Å²) < 4.78 is 0. The molecule has 1 aromatic rings. The monoisotopic (exact) mass is 339 g/mol. The Hall–Kier alpha value is -1.59. The molecule has 1 unspecified atom stereocenters. The lowest BCUT2D eigenvalue weighted by Gasteiger charge is -2.31. The summed E-state index contributed by atoms with van der Waals surface area (Å²) in [5.74, 6) is -0.178. The van der Waals surface area contributed by atoms with Crippen LogP contribution >= 0.6 is 12.4 Å². The molecule has 0 bridgehead atoms. The second-order valence-electron chi connectivity index (χ2n) is 6.90. The molecule has 2 rings (SSSR count). The molecule has 128 valence electrons. The molecule has 2 amide bonds. The van der Waals surface area contributed by atoms with Gasteiger partial charge >= 0.3 is 0 Å². The number of amides is 2. The number of nitrogens with zero attached hydrogens (tertiary/aromatic N) is 1. The molecule has 1 heterocycles. The molecule has 1 saturated heterocycles. The molecule has 6 heteroatoms. The van der Waals surface area contributed by atoms with Gasteiger partial charge in [0.15, 0.2) is 0 Å². The van der Waals surface area contributed by atoms with Gasteiger partial charge in [-0.05, 0) is 25.0 Å². The number of likely N-dealkylation sites (tertiary alicyclic amines) is 1. The van der Waals surface area contributed by atoms with Crippen LogP contribution in [-0.4, -0.2) is 35.8 Å². The number of rotatable bonds is 2. The highest BCUT2D eigenvalue weighted by Gasteiger charge is 2.26. The van der Waals surface area contributed by atoms with Crippen LogP contribution in [0.5, 0.6) is 0 Å². The molecule has 23 heavy (non-hydrogen) atoms. The maximum absolute atomic E-state index is 12.7. The Morgan fingerprint density at radius 2 is 1.91 bits per heavy atom. The van der Waals surface area contributed by atoms with E-state index in [1.54, 1.807) is 17.0 Å². The fourth-order valence-electron chi connectivity index (χ4n) is 2.45. The molecule has 1 aliphatic heterocycles. The summed E-state index contributed by atoms with van der Waals surface area (Å²) in [6.45, 7) is 6.82. The van der Waals surface area contributed by atoms with Crippen molar-refractivity contribution in [3.63, 3.8) is 0 Å². The van der Waals surface area contributed by atoms with Crippen molar-refractivity contribution >= 4 is 29.9 Å². The minimum atomic E-state index is -0.510. The van der Waals surface area contributed by atoms with Crippen molar-refractivity contribution in [3.05, 3.63) is 29.8 Å². The summed E-state index contributed by atoms with van der Waals surface area (Å²) in [6, 6.07) is 7.18. The van der Waals surface area contributed by atoms with Crippen LogP contribution in [0.3, 0.4) is 0 Å². The van der Waals surface area contributed by atoms with Gasteiger partial charge in [-0.1, -0.05) is 32.9 Å². The Bertz CT molecular complexity index is 569. The first-order valence-electron chi connectivity index (χ1n) is 7.74. The lowest BCUT2D eigenvalue weighted by molar-refractivity contribution is -0.123. The van der Waals surface area contributed by atoms with Crippen LogP contribution in [-0.2, 0) is 4.79 Å². The molecule has 0 saturated carbocycles. The minimum Gasteiger partial charge on any atom is -0.337 e. The zero-order valence-corrected chi connectivity index (χ0v) is 14.8. The van der Waals surface area contributed by atoms with Gasteiger partial charge in [0, 0.05) is 24.5 Å². The van der Waals surface area contributed by atoms with E-state index in [0.717, 1.165) is 12.8 Å². The van der Waals surface area contributed by atoms with Crippen LogP contribution in [0.15, 0.2) is 24.3 Å². The maximum Gasteiger partial charge on any atom is 0.256 e. The third-order valence-corrected chi connectivity index (χ3v) is 3.83. The number of carbonyl (C=O) groups is 2. The molecule has 0 aromatic heterocycles. The van der Waals surface area contributed by atoms with E-state index in [0.29, 0.717) is 24.3 Å². The fourth-order valence-corrected chi connectivity index (χ4v) is 2.45. The van der Waals surface area contributed by atoms with Crippen LogP contribution in [0.1, 0.15) is 44.0 Å². The van der Waals surface area contributed by atoms with Crippen molar-refractivity contribution in [2.45, 2.75) is 39.7 Å². The second kappa shape index (κ2) is 7.79. The Balaban J connectivity index is 0.00000264. The van der Waals surface area contributed by atoms with Crippen LogP contribution < -0.4 is 11.1 Å². The number of benzene rings is 1. The molecule has 5 nitrogen and oxygen atoms in total. The number of nitrogens with one attached hydrogen (secondary N) is 1. The summed E-state index contributed by atoms with van der Waals surface area (Å²) in [4.78, 5) is 26.7. The Labute approximate surface area is 144 Å². The highest BCUT2D eigenvalue weighted by atomic mass is 35.5. The Morgan fingerprint density at radius 3 is 2.52 bits per heavy atom. The first-order valence-corrected chi connectivity index (χ1v) is 7.74. The highest BCUT2D eigenvalue weighted by Crippen LogP contribution is 2.22. The number of hydrogen-bond acceptors (Lipinski definition) is 3. The molecule has 3 N–H and O–H groups in total. The fraction of sp³-hybridized carbons (Fsp3) is 0.529. The van der Waals surface area contributed by atoms with E-state index >= 15 is 0 Å². The zero-order valence-electron chi connectivity index (χ0n) is 14.0. The highest BCUT2D eigenvalue weighted by molar-refractivity contribution is 6.04. The van der Waals surface area contributed by atoms with Crippen molar-refractivity contribution in [2.24, 2.45) is 11.1 Å². The van der Waals surface area contributed by atoms with E-state index in [1.807, 2.05) is 32.9 Å². The number of carbonyl (C=O) groups excluding carboxylic acids is 2. The summed E-state index contributed by atoms with van der Waals surface area (Å²) in [5, 5.41) is 2.86. The number of halogens is 1. The van der Waals surface area contributed by atoms with Gasteiger partial charge in [0.25, 0.3) is 5.91 Å². The molecule has 0 aliphatic carbocycles. The van der Waals surface area contributed by atoms with Crippen molar-refractivity contribution < 1.29 is 9.59 Å². The second-order valence-corrected chi connectivity index (χ2v) is 6.90. The molecular weight excluding hydrogens is 314 g/mol. The maximum atomic E-state index is 12.7. The largest absolute Gasteiger partial charge is 0.337 e. The summed E-state index contributed by atoms with van der Waals surface area (Å²) in [6.07, 6.45) is 1.87. The third-order valence-electron chi connectivity index (χ3n) is 3.83. The number of nitrogens with two attached hydrogens (primary N) is 1. The smallest absolute Gasteiger partial charge is 0.256 e. The number of piperidine rings is 1. The molecule has 0 spiro atoms. The molecule has 1 aromatic carbocycles. The summed E-state index contributed by atoms with van der Waals surface area (Å²) >= 11 is 0. The lowest BCUT2D eigenvalue weighted by atomic mass is 9.95. The van der Waals surface area contributed by atoms with Gasteiger partial charge in [0.05, 0.1) is 11.3 Å². The Kier molecular flexibility index (Phi) is 6.59. The van der Waals surface area contributed by atoms with Crippen LogP contribution in [0.25, 0.3) is 0 Å². The SMILES string of the molecule is CC(C)(C)C(=O)Nc1ccccc1C(=O)N1CCCC(N)C1.Cl. The van der Waals surface area contributed by atoms with E-state index in [-0.39, 0.29) is 30.3 Å². The topological polar surface area (TPSA) is 75.4 Å². The molecule has 0 radical (unpaired) electrons. The average Bonchev–Trinajstić information content (AvgIpc) is 2.46. The van der Waals surface area contributed by atoms with Gasteiger partial charge in [-0.2, -0.15) is 0 Å². The van der Waals surface area contributed by atoms with Gasteiger partial charge in [0.2, 0.25) is 5.91 Å². The predicted molar refractivity (Wildman–Crippen MR) is 94.9 cm³/mol. The molecule has 1 atom stereocenters. The van der Waals surface area contributed by atoms with E-state index in [2.05, 4.69) is 5.32 Å². The van der Waals surface area contributed by atoms with Crippen molar-refractivity contribution in [1.29, 1.82) is 0 Å². The quantitative estimate of drug-likeness (QED) is 0.869. The normalized spacial score (nSPS) is 18.1. The van der Waals surface area contributed by atoms with Crippen LogP contribution in [0.4, 0.5) is 5.69 Å². The van der Waals surface area contributed by atoms with Gasteiger partial charge in [-0.15, -0.1) is 12.4 Å². The van der Waals surface area contributed by atoms with Crippen LogP contribution in [0, 0.1) is 5.41 Å². The zero-order chi connectivity index (χ0) is 16.3. The van der Waals surface area contributed by atoms with E-state index < -0.39 is 5.41 Å². The predicted octanol–water partition coefficient (Wildman–Crippen LogP) is 2.66. The van der Waals surface area contributed by atoms with E-state index in [9.17, 15) is 9.59 Å². The average molecular weight is 340 g/mol. The van der Waals surface area contributed by atoms with Crippen LogP contribution in [0.2, 0.25) is 0 Å². The molecule has 1 fully saturated rings. The summed E-state index contributed by atoms with van der Waals surface area (Å²) in [7, 11) is 0. The van der Waals surface area contributed by atoms with Gasteiger partial charge in [-0.3, -0.25) is 9.59 Å². The van der Waals surface area contributed by atoms with Crippen molar-refractivity contribution in [2.75, 3.05) is 18.4 Å². The Morgan fingerprint density at radius 1 is 1.26 bits per heavy atom. The number of para-hydroxylation sites is 1. The first-order chi connectivity index (χ1) is 10.3. The molecule has 1 aliphatic rings. The first kappa shape index (κ1) is 19.5. The lowest BCUT2D eigenvalue weighted by Crippen LogP contribution is -2.46. The molecular formula is C17H26ClN3O2. The van der Waals surface area contributed by atoms with Crippen molar-refractivity contribution in [3.8, 4) is 0 Å². The van der Waals surface area contributed by atoms with Gasteiger partial charge in [0.1, 0.15) is 0 Å². The summed E-state index contributed by atoms with van der Waals surface area (Å²) in [5.41, 5.74) is 6.53. The third kappa shape index (κ3) is 4.94. The number of hydrogen-bond donors (Lipinski definition) is 2. The van der Waals surface area contributed by atoms with E-state index in [4.69, 9.17) is 5.73 Å². The number of anilines is 1. The van der Waals surface area contributed by atoms with Gasteiger partial charge < -0.3 is 16.0 Å². The minimum absolute atomic E-state index is 0. The van der Waals surface area contributed by atoms with Gasteiger partial charge in [-0.25, -0.2) is 0 Å². The van der Waals surface area contributed by atoms with E-state index in [1.165, 1.54) is 0 Å². The standard InChI is InChI=1S/C17H25N3O2.ClH/c1-17(2,3)16(22)19-14-9-5-4-8-13(14)15(21)20-10-6-7-12(18)11-20;/h4-5,8-9,12H,6-7,10-11,18H2,1-3H3,(H,19,22);1H. The van der Waals surface area contributed by atoms with Crippen molar-refractivity contribution in [1.82, 2.24) is 4.90 Å².